The molecule has 0 bridgehead atoms. The van der Waals surface area contributed by atoms with Crippen molar-refractivity contribution in [2.45, 2.75) is 36.1 Å². The molecule has 314 valence electrons. The number of benzene rings is 8. The fourth-order valence-corrected chi connectivity index (χ4v) is 12.5. The minimum Gasteiger partial charge on any atom is -0.354 e. The van der Waals surface area contributed by atoms with Gasteiger partial charge in [-0.25, -0.2) is 0 Å². The number of hydrogen-bond acceptors (Lipinski definition) is 1. The van der Waals surface area contributed by atoms with Gasteiger partial charge < -0.3 is 9.13 Å². The molecule has 0 N–H and O–H groups in total. The predicted octanol–water partition coefficient (Wildman–Crippen LogP) is 13.2. The molecule has 0 saturated heterocycles. The molecule has 3 aliphatic rings. The van der Waals surface area contributed by atoms with Crippen LogP contribution in [-0.2, 0) is 23.4 Å². The lowest BCUT2D eigenvalue weighted by molar-refractivity contribution is -0.675. The normalized spacial score (nSPS) is 15.1. The fraction of sp³-hybridized carbons (Fsp3) is 0.111. The topological polar surface area (TPSA) is 21.7 Å². The molecule has 0 aliphatic heterocycles. The largest absolute Gasteiger partial charge is 0.354 e. The molecule has 3 nitrogen and oxygen atoms in total. The van der Waals surface area contributed by atoms with E-state index in [2.05, 4.69) is 250 Å². The summed E-state index contributed by atoms with van der Waals surface area (Å²) in [7, 11) is 2.06. The van der Waals surface area contributed by atoms with Crippen LogP contribution < -0.4 is 4.57 Å². The van der Waals surface area contributed by atoms with E-state index in [1.165, 1.54) is 94.6 Å². The van der Waals surface area contributed by atoms with Crippen molar-refractivity contribution in [3.05, 3.63) is 298 Å². The number of pyridine rings is 1. The molecule has 10 aromatic rings. The molecule has 0 amide bonds. The van der Waals surface area contributed by atoms with E-state index < -0.39 is 16.4 Å². The first-order valence-corrected chi connectivity index (χ1v) is 23.2. The van der Waals surface area contributed by atoms with Gasteiger partial charge in [0.1, 0.15) is 0 Å². The van der Waals surface area contributed by atoms with Gasteiger partial charge in [-0.1, -0.05) is 202 Å². The second kappa shape index (κ2) is 14.3. The van der Waals surface area contributed by atoms with Crippen molar-refractivity contribution in [1.82, 2.24) is 9.55 Å². The summed E-state index contributed by atoms with van der Waals surface area (Å²) in [5.41, 5.74) is 20.2. The van der Waals surface area contributed by atoms with Gasteiger partial charge in [0.25, 0.3) is 0 Å². The number of aromatic nitrogens is 3. The molecule has 13 rings (SSSR count). The van der Waals surface area contributed by atoms with Gasteiger partial charge in [0, 0.05) is 22.9 Å². The summed E-state index contributed by atoms with van der Waals surface area (Å²) in [4.78, 5) is 5.35. The number of fused-ring (bicyclic) bond motifs is 9. The molecule has 3 heteroatoms. The number of nitrogens with zero attached hydrogens (tertiary/aromatic N) is 3. The highest BCUT2D eigenvalue weighted by Crippen LogP contribution is 2.60. The number of aryl methyl sites for hydroxylation is 1. The molecule has 0 atom stereocenters. The minimum absolute atomic E-state index is 0.345. The van der Waals surface area contributed by atoms with Gasteiger partial charge in [0.15, 0.2) is 5.54 Å². The van der Waals surface area contributed by atoms with Crippen molar-refractivity contribution in [3.8, 4) is 33.4 Å². The molecular weight excluding hydrogens is 799 g/mol. The van der Waals surface area contributed by atoms with Gasteiger partial charge >= 0.3 is 0 Å². The molecule has 3 aliphatic carbocycles. The Hall–Kier alpha value is -7.88. The summed E-state index contributed by atoms with van der Waals surface area (Å²) in [5, 5.41) is 0. The van der Waals surface area contributed by atoms with Crippen molar-refractivity contribution < 1.29 is 4.57 Å². The number of imidazole rings is 1. The van der Waals surface area contributed by atoms with Crippen molar-refractivity contribution in [2.24, 2.45) is 7.05 Å². The lowest BCUT2D eigenvalue weighted by Crippen LogP contribution is -2.38. The molecule has 2 aromatic heterocycles. The van der Waals surface area contributed by atoms with Crippen LogP contribution in [0.3, 0.4) is 0 Å². The summed E-state index contributed by atoms with van der Waals surface area (Å²) < 4.78 is 4.34. The van der Waals surface area contributed by atoms with E-state index in [1.54, 1.807) is 0 Å². The molecule has 8 aromatic carbocycles. The van der Waals surface area contributed by atoms with Gasteiger partial charge in [-0.3, -0.25) is 4.98 Å². The molecular formula is C63H47N3. The molecule has 0 radical (unpaired) electrons. The Bertz CT molecular complexity index is 3430. The van der Waals surface area contributed by atoms with Crippen molar-refractivity contribution in [1.29, 1.82) is 0 Å². The molecule has 2 heterocycles. The van der Waals surface area contributed by atoms with Gasteiger partial charge in [-0.05, 0) is 114 Å². The molecule has 0 saturated carbocycles. The van der Waals surface area contributed by atoms with E-state index in [0.29, 0.717) is 5.92 Å². The van der Waals surface area contributed by atoms with Crippen LogP contribution in [0.4, 0.5) is 0 Å². The lowest BCUT2D eigenvalue weighted by atomic mass is 9.64. The van der Waals surface area contributed by atoms with E-state index >= 15 is 0 Å². The Balaban J connectivity index is 1.13. The highest BCUT2D eigenvalue weighted by atomic mass is 15.2. The van der Waals surface area contributed by atoms with E-state index in [1.807, 2.05) is 10.8 Å². The summed E-state index contributed by atoms with van der Waals surface area (Å²) >= 11 is 0. The lowest BCUT2D eigenvalue weighted by Gasteiger charge is -2.38. The molecule has 66 heavy (non-hydrogen) atoms. The summed E-state index contributed by atoms with van der Waals surface area (Å²) in [5.74, 6) is 0.345. The standard InChI is InChI=1S/C63H47N3/c1-42(2)43-34-35-64-60(38-43)62(56-30-12-6-24-50(56)51-25-7-13-31-57(51)62)46-20-16-18-44(39-46)61(54-28-10-4-22-48(54)49-23-5-11-29-55(49)61)45-19-17-21-47(40-45)63(66-37-36-65(3)41-66)58-32-14-8-26-52(58)53-27-9-15-33-59(53)63/h4-40,42H,1-3H3. The zero-order chi connectivity index (χ0) is 44.2. The second-order valence-electron chi connectivity index (χ2n) is 18.7. The van der Waals surface area contributed by atoms with Gasteiger partial charge in [-0.2, -0.15) is 0 Å². The van der Waals surface area contributed by atoms with Crippen LogP contribution in [0.25, 0.3) is 33.4 Å². The summed E-state index contributed by atoms with van der Waals surface area (Å²) in [6.45, 7) is 4.55. The third kappa shape index (κ3) is 4.98. The highest BCUT2D eigenvalue weighted by molar-refractivity contribution is 5.89. The third-order valence-corrected chi connectivity index (χ3v) is 15.2. The quantitative estimate of drug-likeness (QED) is 0.116. The van der Waals surface area contributed by atoms with Crippen LogP contribution in [0.1, 0.15) is 86.7 Å². The van der Waals surface area contributed by atoms with Crippen molar-refractivity contribution in [2.75, 3.05) is 0 Å². The SMILES string of the molecule is CC(C)c1ccnc(C2(c3cccc(C4(c5cccc(C6(n7[c-][n+](C)cc7)c7ccccc7-c7ccccc76)c5)c5ccccc5-c5ccccc54)c3)c3ccccc3-c3ccccc32)c1. The maximum atomic E-state index is 5.35. The zero-order valence-electron chi connectivity index (χ0n) is 37.3. The maximum absolute atomic E-state index is 5.35. The van der Waals surface area contributed by atoms with Gasteiger partial charge in [0.2, 0.25) is 6.33 Å². The smallest absolute Gasteiger partial charge is 0.204 e. The van der Waals surface area contributed by atoms with Crippen LogP contribution in [0.5, 0.6) is 0 Å². The average Bonchev–Trinajstić information content (AvgIpc) is 4.11. The van der Waals surface area contributed by atoms with Crippen LogP contribution in [0.2, 0.25) is 0 Å². The Morgan fingerprint density at radius 1 is 0.439 bits per heavy atom. The number of hydrogen-bond donors (Lipinski definition) is 0. The van der Waals surface area contributed by atoms with Gasteiger partial charge in [-0.15, -0.1) is 0 Å². The number of rotatable bonds is 7. The maximum Gasteiger partial charge on any atom is 0.204 e. The zero-order valence-corrected chi connectivity index (χ0v) is 37.3. The van der Waals surface area contributed by atoms with Crippen LogP contribution >= 0.6 is 0 Å². The van der Waals surface area contributed by atoms with Crippen LogP contribution in [0.15, 0.2) is 225 Å². The molecule has 0 unspecified atom stereocenters. The molecule has 0 spiro atoms. The first-order chi connectivity index (χ1) is 32.5. The van der Waals surface area contributed by atoms with E-state index in [9.17, 15) is 0 Å². The highest BCUT2D eigenvalue weighted by Gasteiger charge is 2.52. The minimum atomic E-state index is -0.685. The monoisotopic (exact) mass is 845 g/mol. The van der Waals surface area contributed by atoms with E-state index in [-0.39, 0.29) is 0 Å². The van der Waals surface area contributed by atoms with Crippen molar-refractivity contribution in [3.63, 3.8) is 0 Å². The molecule has 0 fully saturated rings. The Kier molecular flexibility index (Phi) is 8.36. The Morgan fingerprint density at radius 2 is 0.833 bits per heavy atom. The first-order valence-electron chi connectivity index (χ1n) is 23.2. The third-order valence-electron chi connectivity index (χ3n) is 15.2. The van der Waals surface area contributed by atoms with Crippen LogP contribution in [-0.4, -0.2) is 9.55 Å². The van der Waals surface area contributed by atoms with Crippen LogP contribution in [0, 0.1) is 6.33 Å². The predicted molar refractivity (Wildman–Crippen MR) is 265 cm³/mol. The fourth-order valence-electron chi connectivity index (χ4n) is 12.5. The van der Waals surface area contributed by atoms with E-state index in [4.69, 9.17) is 4.98 Å². The summed E-state index contributed by atoms with van der Waals surface area (Å²) in [6.07, 6.45) is 10.0. The Labute approximate surface area is 387 Å². The Morgan fingerprint density at radius 3 is 1.29 bits per heavy atom. The van der Waals surface area contributed by atoms with Crippen molar-refractivity contribution >= 4 is 0 Å². The van der Waals surface area contributed by atoms with E-state index in [0.717, 1.165) is 5.69 Å². The first kappa shape index (κ1) is 38.6. The van der Waals surface area contributed by atoms with Gasteiger partial charge in [0.05, 0.1) is 23.6 Å². The summed E-state index contributed by atoms with van der Waals surface area (Å²) in [6, 6.07) is 77.7. The second-order valence-corrected chi connectivity index (χ2v) is 18.7. The average molecular weight is 846 g/mol.